The average molecular weight is 326 g/mol. The molecule has 0 saturated carbocycles. The van der Waals surface area contributed by atoms with Gasteiger partial charge in [-0.05, 0) is 30.3 Å². The second-order valence-electron chi connectivity index (χ2n) is 5.35. The number of aromatic nitrogens is 1. The first kappa shape index (κ1) is 15.4. The summed E-state index contributed by atoms with van der Waals surface area (Å²) >= 11 is 5.20. The van der Waals surface area contributed by atoms with E-state index in [1.54, 1.807) is 13.3 Å². The smallest absolute Gasteiger partial charge is 0.123 e. The maximum absolute atomic E-state index is 9.32. The molecule has 2 heterocycles. The minimum Gasteiger partial charge on any atom is -0.497 e. The lowest BCUT2D eigenvalue weighted by Crippen LogP contribution is -2.46. The van der Waals surface area contributed by atoms with E-state index in [0.717, 1.165) is 37.6 Å². The van der Waals surface area contributed by atoms with Gasteiger partial charge in [-0.3, -0.25) is 0 Å². The molecule has 6 heteroatoms. The molecule has 0 unspecified atom stereocenters. The zero-order chi connectivity index (χ0) is 16.2. The van der Waals surface area contributed by atoms with Crippen molar-refractivity contribution in [3.8, 4) is 11.8 Å². The number of nitriles is 1. The zero-order valence-corrected chi connectivity index (χ0v) is 13.8. The first-order valence-electron chi connectivity index (χ1n) is 7.48. The Kier molecular flexibility index (Phi) is 4.49. The fourth-order valence-corrected chi connectivity index (χ4v) is 3.06. The highest BCUT2D eigenvalue weighted by Gasteiger charge is 2.20. The van der Waals surface area contributed by atoms with Gasteiger partial charge in [0.1, 0.15) is 22.0 Å². The van der Waals surface area contributed by atoms with Crippen molar-refractivity contribution in [2.45, 2.75) is 0 Å². The van der Waals surface area contributed by atoms with Crippen LogP contribution in [0.2, 0.25) is 0 Å². The molecule has 1 aromatic heterocycles. The number of ether oxygens (including phenoxy) is 1. The summed E-state index contributed by atoms with van der Waals surface area (Å²) in [4.78, 5) is 7.48. The maximum Gasteiger partial charge on any atom is 0.123 e. The van der Waals surface area contributed by atoms with Gasteiger partial charge in [-0.15, -0.1) is 0 Å². The quantitative estimate of drug-likeness (QED) is 0.879. The van der Waals surface area contributed by atoms with Crippen LogP contribution in [-0.2, 0) is 0 Å². The van der Waals surface area contributed by atoms with Crippen molar-refractivity contribution in [2.75, 3.05) is 43.1 Å². The summed E-state index contributed by atoms with van der Waals surface area (Å²) in [5.41, 5.74) is 2.67. The summed E-state index contributed by atoms with van der Waals surface area (Å²) < 4.78 is 5.70. The summed E-state index contributed by atoms with van der Waals surface area (Å²) in [5.74, 6) is 0.865. The third-order valence-corrected chi connectivity index (χ3v) is 4.43. The van der Waals surface area contributed by atoms with E-state index in [1.807, 2.05) is 18.2 Å². The molecule has 0 spiro atoms. The van der Waals surface area contributed by atoms with Gasteiger partial charge in [-0.2, -0.15) is 5.26 Å². The third-order valence-electron chi connectivity index (χ3n) is 4.11. The molecule has 2 aromatic rings. The molecule has 1 fully saturated rings. The van der Waals surface area contributed by atoms with Crippen LogP contribution >= 0.6 is 12.2 Å². The number of aromatic amines is 1. The van der Waals surface area contributed by atoms with E-state index in [1.165, 1.54) is 5.69 Å². The molecule has 0 amide bonds. The first-order chi connectivity index (χ1) is 11.2. The minimum absolute atomic E-state index is 0.502. The topological polar surface area (TPSA) is 55.3 Å². The lowest BCUT2D eigenvalue weighted by molar-refractivity contribution is 0.415. The highest BCUT2D eigenvalue weighted by molar-refractivity contribution is 7.71. The molecule has 5 nitrogen and oxygen atoms in total. The highest BCUT2D eigenvalue weighted by atomic mass is 32.1. The fraction of sp³-hybridized carbons (Fsp3) is 0.294. The number of hydrogen-bond acceptors (Lipinski definition) is 5. The Morgan fingerprint density at radius 3 is 2.35 bits per heavy atom. The SMILES string of the molecule is COc1ccc(N2CCN(c3cc[nH]c(=S)c3C#N)CC2)cc1. The van der Waals surface area contributed by atoms with Crippen LogP contribution in [0, 0.1) is 16.0 Å². The van der Waals surface area contributed by atoms with Crippen LogP contribution in [0.1, 0.15) is 5.56 Å². The lowest BCUT2D eigenvalue weighted by Gasteiger charge is -2.37. The molecule has 1 aliphatic rings. The number of H-pyrrole nitrogens is 1. The van der Waals surface area contributed by atoms with E-state index in [2.05, 4.69) is 33.0 Å². The number of hydrogen-bond donors (Lipinski definition) is 1. The van der Waals surface area contributed by atoms with Crippen LogP contribution in [0.3, 0.4) is 0 Å². The molecular weight excluding hydrogens is 308 g/mol. The van der Waals surface area contributed by atoms with Gasteiger partial charge >= 0.3 is 0 Å². The molecule has 23 heavy (non-hydrogen) atoms. The fourth-order valence-electron chi connectivity index (χ4n) is 2.84. The Bertz CT molecular complexity index is 770. The molecule has 1 N–H and O–H groups in total. The second-order valence-corrected chi connectivity index (χ2v) is 5.76. The van der Waals surface area contributed by atoms with Crippen LogP contribution in [0.15, 0.2) is 36.5 Å². The van der Waals surface area contributed by atoms with Gasteiger partial charge in [0.25, 0.3) is 0 Å². The van der Waals surface area contributed by atoms with E-state index in [4.69, 9.17) is 17.0 Å². The van der Waals surface area contributed by atoms with Crippen molar-refractivity contribution in [3.63, 3.8) is 0 Å². The Labute approximate surface area is 140 Å². The number of rotatable bonds is 3. The summed E-state index contributed by atoms with van der Waals surface area (Å²) in [6.45, 7) is 3.53. The van der Waals surface area contributed by atoms with E-state index in [9.17, 15) is 5.26 Å². The molecular formula is C17H18N4OS. The number of methoxy groups -OCH3 is 1. The average Bonchev–Trinajstić information content (AvgIpc) is 2.62. The monoisotopic (exact) mass is 326 g/mol. The normalized spacial score (nSPS) is 14.4. The lowest BCUT2D eigenvalue weighted by atomic mass is 10.2. The number of pyridine rings is 1. The van der Waals surface area contributed by atoms with E-state index < -0.39 is 0 Å². The standard InChI is InChI=1S/C17H18N4OS/c1-22-14-4-2-13(3-5-14)20-8-10-21(11-9-20)16-6-7-19-17(23)15(16)12-18/h2-7H,8-11H2,1H3,(H,19,23). The van der Waals surface area contributed by atoms with Crippen molar-refractivity contribution in [1.29, 1.82) is 5.26 Å². The van der Waals surface area contributed by atoms with E-state index in [-0.39, 0.29) is 0 Å². The molecule has 0 bridgehead atoms. The summed E-state index contributed by atoms with van der Waals surface area (Å²) in [5, 5.41) is 9.32. The largest absolute Gasteiger partial charge is 0.497 e. The van der Waals surface area contributed by atoms with Crippen molar-refractivity contribution in [2.24, 2.45) is 0 Å². The predicted octanol–water partition coefficient (Wildman–Crippen LogP) is 2.95. The van der Waals surface area contributed by atoms with Gasteiger partial charge in [-0.25, -0.2) is 0 Å². The summed E-state index contributed by atoms with van der Waals surface area (Å²) in [6, 6.07) is 12.3. The number of piperazine rings is 1. The third kappa shape index (κ3) is 3.15. The van der Waals surface area contributed by atoms with Gasteiger partial charge in [0.05, 0.1) is 12.8 Å². The van der Waals surface area contributed by atoms with Crippen molar-refractivity contribution < 1.29 is 4.74 Å². The number of benzene rings is 1. The first-order valence-corrected chi connectivity index (χ1v) is 7.89. The van der Waals surface area contributed by atoms with Gasteiger partial charge in [0, 0.05) is 38.1 Å². The maximum atomic E-state index is 9.32. The molecule has 3 rings (SSSR count). The molecule has 1 aliphatic heterocycles. The Hall–Kier alpha value is -2.52. The van der Waals surface area contributed by atoms with E-state index >= 15 is 0 Å². The van der Waals surface area contributed by atoms with Crippen LogP contribution in [0.25, 0.3) is 0 Å². The van der Waals surface area contributed by atoms with Crippen molar-refractivity contribution in [3.05, 3.63) is 46.7 Å². The number of nitrogens with one attached hydrogen (secondary N) is 1. The van der Waals surface area contributed by atoms with Gasteiger partial charge in [0.15, 0.2) is 0 Å². The molecule has 1 aromatic carbocycles. The van der Waals surface area contributed by atoms with Crippen LogP contribution in [-0.4, -0.2) is 38.3 Å². The molecule has 1 saturated heterocycles. The molecule has 0 radical (unpaired) electrons. The molecule has 0 atom stereocenters. The van der Waals surface area contributed by atoms with Crippen LogP contribution in [0.4, 0.5) is 11.4 Å². The van der Waals surface area contributed by atoms with Gasteiger partial charge in [-0.1, -0.05) is 12.2 Å². The van der Waals surface area contributed by atoms with Crippen molar-refractivity contribution >= 4 is 23.6 Å². The zero-order valence-electron chi connectivity index (χ0n) is 13.0. The van der Waals surface area contributed by atoms with Gasteiger partial charge < -0.3 is 19.5 Å². The second kappa shape index (κ2) is 6.71. The Morgan fingerprint density at radius 1 is 1.09 bits per heavy atom. The van der Waals surface area contributed by atoms with Crippen LogP contribution in [0.5, 0.6) is 5.75 Å². The Morgan fingerprint density at radius 2 is 1.74 bits per heavy atom. The number of anilines is 2. The predicted molar refractivity (Wildman–Crippen MR) is 93.8 cm³/mol. The van der Waals surface area contributed by atoms with Crippen molar-refractivity contribution in [1.82, 2.24) is 4.98 Å². The Balaban J connectivity index is 1.72. The van der Waals surface area contributed by atoms with Gasteiger partial charge in [0.2, 0.25) is 0 Å². The highest BCUT2D eigenvalue weighted by Crippen LogP contribution is 2.24. The van der Waals surface area contributed by atoms with E-state index in [0.29, 0.717) is 10.2 Å². The van der Waals surface area contributed by atoms with Crippen LogP contribution < -0.4 is 14.5 Å². The molecule has 0 aliphatic carbocycles. The summed E-state index contributed by atoms with van der Waals surface area (Å²) in [7, 11) is 1.67. The number of nitrogens with zero attached hydrogens (tertiary/aromatic N) is 3. The minimum atomic E-state index is 0.502. The molecule has 118 valence electrons. The summed E-state index contributed by atoms with van der Waals surface area (Å²) in [6.07, 6.45) is 1.80.